The van der Waals surface area contributed by atoms with Crippen molar-refractivity contribution in [1.29, 1.82) is 0 Å². The molecule has 2 aromatic carbocycles. The minimum atomic E-state index is -0.773. The van der Waals surface area contributed by atoms with Crippen molar-refractivity contribution in [3.8, 4) is 11.6 Å². The number of hydrogen-bond acceptors (Lipinski definition) is 4. The van der Waals surface area contributed by atoms with Crippen molar-refractivity contribution in [2.45, 2.75) is 0 Å². The van der Waals surface area contributed by atoms with Crippen LogP contribution in [0, 0.1) is 0 Å². The molecular weight excluding hydrogens is 365 g/mol. The van der Waals surface area contributed by atoms with Gasteiger partial charge in [0.2, 0.25) is 5.88 Å². The summed E-state index contributed by atoms with van der Waals surface area (Å²) in [5.41, 5.74) is -0.839. The molecule has 0 saturated carbocycles. The number of nitrogens with one attached hydrogen (secondary N) is 1. The Morgan fingerprint density at radius 2 is 1.76 bits per heavy atom. The van der Waals surface area contributed by atoms with E-state index < -0.39 is 17.1 Å². The Kier molecular flexibility index (Phi) is 4.74. The zero-order valence-corrected chi connectivity index (χ0v) is 14.1. The van der Waals surface area contributed by atoms with Crippen LogP contribution in [0.4, 0.5) is 5.69 Å². The average molecular weight is 376 g/mol. The number of aromatic amines is 1. The molecule has 0 unspecified atom stereocenters. The summed E-state index contributed by atoms with van der Waals surface area (Å²) in [6.07, 6.45) is 1.17. The van der Waals surface area contributed by atoms with E-state index in [1.165, 1.54) is 6.21 Å². The molecule has 6 nitrogen and oxygen atoms in total. The van der Waals surface area contributed by atoms with Gasteiger partial charge in [0.05, 0.1) is 11.4 Å². The third-order valence-corrected chi connectivity index (χ3v) is 3.84. The van der Waals surface area contributed by atoms with E-state index in [1.54, 1.807) is 48.5 Å². The number of halogens is 2. The molecule has 0 aliphatic heterocycles. The predicted molar refractivity (Wildman–Crippen MR) is 98.0 cm³/mol. The third-order valence-electron chi connectivity index (χ3n) is 3.36. The van der Waals surface area contributed by atoms with Gasteiger partial charge in [-0.2, -0.15) is 0 Å². The van der Waals surface area contributed by atoms with Gasteiger partial charge in [0, 0.05) is 16.3 Å². The molecule has 1 aromatic heterocycles. The maximum Gasteiger partial charge on any atom is 0.335 e. The Bertz CT molecular complexity index is 1070. The Morgan fingerprint density at radius 1 is 1.04 bits per heavy atom. The minimum absolute atomic E-state index is 0.158. The van der Waals surface area contributed by atoms with Crippen LogP contribution in [0.1, 0.15) is 5.56 Å². The average Bonchev–Trinajstić information content (AvgIpc) is 2.56. The highest BCUT2D eigenvalue weighted by Crippen LogP contribution is 2.20. The molecule has 0 bridgehead atoms. The van der Waals surface area contributed by atoms with E-state index >= 15 is 0 Å². The summed E-state index contributed by atoms with van der Waals surface area (Å²) in [6, 6.07) is 12.9. The number of rotatable bonds is 3. The number of nitrogens with zero attached hydrogens (tertiary/aromatic N) is 2. The van der Waals surface area contributed by atoms with Crippen molar-refractivity contribution < 1.29 is 5.11 Å². The quantitative estimate of drug-likeness (QED) is 0.688. The van der Waals surface area contributed by atoms with E-state index in [0.29, 0.717) is 21.4 Å². The van der Waals surface area contributed by atoms with E-state index in [-0.39, 0.29) is 5.56 Å². The van der Waals surface area contributed by atoms with Crippen LogP contribution in [-0.2, 0) is 0 Å². The molecule has 0 spiro atoms. The second kappa shape index (κ2) is 6.96. The first-order valence-corrected chi connectivity index (χ1v) is 7.85. The molecule has 0 atom stereocenters. The lowest BCUT2D eigenvalue weighted by molar-refractivity contribution is 0.430. The van der Waals surface area contributed by atoms with Gasteiger partial charge < -0.3 is 5.11 Å². The number of aromatic nitrogens is 2. The first kappa shape index (κ1) is 17.0. The lowest BCUT2D eigenvalue weighted by Crippen LogP contribution is -2.31. The van der Waals surface area contributed by atoms with E-state index in [2.05, 4.69) is 9.98 Å². The van der Waals surface area contributed by atoms with Crippen molar-refractivity contribution in [1.82, 2.24) is 9.55 Å². The van der Waals surface area contributed by atoms with Crippen molar-refractivity contribution in [3.05, 3.63) is 85.0 Å². The lowest BCUT2D eigenvalue weighted by atomic mass is 10.3. The molecular formula is C17H11Cl2N3O3. The summed E-state index contributed by atoms with van der Waals surface area (Å²) in [4.78, 5) is 30.4. The smallest absolute Gasteiger partial charge is 0.335 e. The highest BCUT2D eigenvalue weighted by Gasteiger charge is 2.14. The van der Waals surface area contributed by atoms with Crippen LogP contribution >= 0.6 is 23.2 Å². The van der Waals surface area contributed by atoms with Gasteiger partial charge in [0.1, 0.15) is 5.56 Å². The van der Waals surface area contributed by atoms with Crippen molar-refractivity contribution >= 4 is 35.1 Å². The minimum Gasteiger partial charge on any atom is -0.493 e. The standard InChI is InChI=1S/C17H11Cl2N3O3/c18-10-4-6-13(7-5-10)22-16(24)14(15(23)21-17(22)25)9-20-12-3-1-2-11(19)8-12/h1-9,24H,(H,21,23,25). The Labute approximate surface area is 151 Å². The van der Waals surface area contributed by atoms with E-state index in [9.17, 15) is 14.7 Å². The summed E-state index contributed by atoms with van der Waals surface area (Å²) in [5.74, 6) is -0.526. The maximum atomic E-state index is 12.1. The Hall–Kier alpha value is -2.83. The third kappa shape index (κ3) is 3.65. The van der Waals surface area contributed by atoms with E-state index in [1.807, 2.05) is 0 Å². The van der Waals surface area contributed by atoms with Gasteiger partial charge in [-0.25, -0.2) is 9.36 Å². The van der Waals surface area contributed by atoms with Gasteiger partial charge in [-0.05, 0) is 42.5 Å². The molecule has 3 rings (SSSR count). The lowest BCUT2D eigenvalue weighted by Gasteiger charge is -2.09. The SMILES string of the molecule is O=c1[nH]c(=O)n(-c2ccc(Cl)cc2)c(O)c1C=Nc1cccc(Cl)c1. The molecule has 2 N–H and O–H groups in total. The number of hydrogen-bond donors (Lipinski definition) is 2. The monoisotopic (exact) mass is 375 g/mol. The van der Waals surface area contributed by atoms with Crippen LogP contribution in [0.25, 0.3) is 5.69 Å². The highest BCUT2D eigenvalue weighted by atomic mass is 35.5. The topological polar surface area (TPSA) is 87.5 Å². The van der Waals surface area contributed by atoms with Crippen LogP contribution in [0.15, 0.2) is 63.1 Å². The molecule has 25 heavy (non-hydrogen) atoms. The van der Waals surface area contributed by atoms with Crippen LogP contribution in [0.5, 0.6) is 5.88 Å². The summed E-state index contributed by atoms with van der Waals surface area (Å²) >= 11 is 11.7. The number of aromatic hydroxyl groups is 1. The van der Waals surface area contributed by atoms with Gasteiger partial charge in [-0.15, -0.1) is 0 Å². The highest BCUT2D eigenvalue weighted by molar-refractivity contribution is 6.31. The van der Waals surface area contributed by atoms with Gasteiger partial charge in [0.25, 0.3) is 5.56 Å². The second-order valence-corrected chi connectivity index (χ2v) is 5.92. The van der Waals surface area contributed by atoms with Crippen LogP contribution in [-0.4, -0.2) is 20.9 Å². The molecule has 8 heteroatoms. The van der Waals surface area contributed by atoms with E-state index in [4.69, 9.17) is 23.2 Å². The number of H-pyrrole nitrogens is 1. The summed E-state index contributed by atoms with van der Waals surface area (Å²) in [7, 11) is 0. The molecule has 1 heterocycles. The van der Waals surface area contributed by atoms with Gasteiger partial charge in [0.15, 0.2) is 0 Å². The first-order chi connectivity index (χ1) is 12.0. The number of benzene rings is 2. The molecule has 0 aliphatic carbocycles. The van der Waals surface area contributed by atoms with Crippen molar-refractivity contribution in [2.75, 3.05) is 0 Å². The molecule has 3 aromatic rings. The largest absolute Gasteiger partial charge is 0.493 e. The normalized spacial score (nSPS) is 11.1. The zero-order valence-electron chi connectivity index (χ0n) is 12.6. The Morgan fingerprint density at radius 3 is 2.44 bits per heavy atom. The van der Waals surface area contributed by atoms with Crippen molar-refractivity contribution in [2.24, 2.45) is 4.99 Å². The van der Waals surface area contributed by atoms with Crippen molar-refractivity contribution in [3.63, 3.8) is 0 Å². The van der Waals surface area contributed by atoms with E-state index in [0.717, 1.165) is 4.57 Å². The molecule has 0 saturated heterocycles. The van der Waals surface area contributed by atoms with Gasteiger partial charge >= 0.3 is 5.69 Å². The fourth-order valence-corrected chi connectivity index (χ4v) is 2.49. The summed E-state index contributed by atoms with van der Waals surface area (Å²) in [6.45, 7) is 0. The molecule has 0 amide bonds. The van der Waals surface area contributed by atoms with Gasteiger partial charge in [-0.1, -0.05) is 29.3 Å². The van der Waals surface area contributed by atoms with Crippen LogP contribution < -0.4 is 11.2 Å². The summed E-state index contributed by atoms with van der Waals surface area (Å²) in [5, 5.41) is 11.4. The van der Waals surface area contributed by atoms with Gasteiger partial charge in [-0.3, -0.25) is 14.8 Å². The maximum absolute atomic E-state index is 12.1. The first-order valence-electron chi connectivity index (χ1n) is 7.09. The molecule has 0 fully saturated rings. The summed E-state index contributed by atoms with van der Waals surface area (Å²) < 4.78 is 0.955. The zero-order chi connectivity index (χ0) is 18.0. The molecule has 0 aliphatic rings. The fourth-order valence-electron chi connectivity index (χ4n) is 2.18. The predicted octanol–water partition coefficient (Wildman–Crippen LogP) is 3.29. The van der Waals surface area contributed by atoms with Crippen LogP contribution in [0.2, 0.25) is 10.0 Å². The van der Waals surface area contributed by atoms with Crippen LogP contribution in [0.3, 0.4) is 0 Å². The second-order valence-electron chi connectivity index (χ2n) is 5.05. The fraction of sp³-hybridized carbons (Fsp3) is 0. The number of aliphatic imine (C=N–C) groups is 1. The molecule has 0 radical (unpaired) electrons. The Balaban J connectivity index is 2.12. The molecule has 126 valence electrons.